The highest BCUT2D eigenvalue weighted by atomic mass is 35.5. The molecule has 57 heavy (non-hydrogen) atoms. The summed E-state index contributed by atoms with van der Waals surface area (Å²) < 4.78 is 8.05. The number of hydrogen-bond acceptors (Lipinski definition) is 11. The minimum absolute atomic E-state index is 0.0838. The predicted molar refractivity (Wildman–Crippen MR) is 219 cm³/mol. The molecule has 0 spiro atoms. The molecule has 16 nitrogen and oxygen atoms in total. The van der Waals surface area contributed by atoms with E-state index in [1.165, 1.54) is 16.0 Å². The van der Waals surface area contributed by atoms with Crippen LogP contribution in [0.1, 0.15) is 65.5 Å². The van der Waals surface area contributed by atoms with Crippen molar-refractivity contribution in [3.05, 3.63) is 41.2 Å². The van der Waals surface area contributed by atoms with Crippen molar-refractivity contribution in [2.75, 3.05) is 54.4 Å². The molecule has 2 atom stereocenters. The second kappa shape index (κ2) is 16.3. The normalized spacial score (nSPS) is 24.6. The Labute approximate surface area is 342 Å². The number of imide groups is 1. The molecule has 3 saturated heterocycles. The van der Waals surface area contributed by atoms with Crippen molar-refractivity contribution in [1.29, 1.82) is 5.26 Å². The molecule has 3 aliphatic heterocycles. The first-order valence-corrected chi connectivity index (χ1v) is 20.2. The zero-order chi connectivity index (χ0) is 40.8. The molecule has 0 radical (unpaired) electrons. The zero-order valence-electron chi connectivity index (χ0n) is 32.8. The Balaban J connectivity index is 0.876. The highest BCUT2D eigenvalue weighted by molar-refractivity contribution is 7.80. The summed E-state index contributed by atoms with van der Waals surface area (Å²) in [6.45, 7) is 11.5. The van der Waals surface area contributed by atoms with E-state index in [0.29, 0.717) is 39.8 Å². The number of halogens is 1. The van der Waals surface area contributed by atoms with E-state index in [-0.39, 0.29) is 72.2 Å². The number of urea groups is 1. The van der Waals surface area contributed by atoms with E-state index in [4.69, 9.17) is 28.6 Å². The number of aryl methyl sites for hydroxylation is 1. The van der Waals surface area contributed by atoms with Crippen molar-refractivity contribution in [3.8, 4) is 6.07 Å². The third-order valence-corrected chi connectivity index (χ3v) is 12.3. The molecule has 5 heterocycles. The van der Waals surface area contributed by atoms with Gasteiger partial charge in [-0.2, -0.15) is 10.4 Å². The number of anilines is 3. The van der Waals surface area contributed by atoms with Crippen LogP contribution in [0.15, 0.2) is 30.5 Å². The Kier molecular flexibility index (Phi) is 11.5. The van der Waals surface area contributed by atoms with Crippen LogP contribution in [-0.2, 0) is 26.2 Å². The predicted octanol–water partition coefficient (Wildman–Crippen LogP) is 4.01. The minimum Gasteiger partial charge on any atom is -0.377 e. The topological polar surface area (TPSA) is 172 Å². The summed E-state index contributed by atoms with van der Waals surface area (Å²) in [6, 6.07) is 8.86. The Morgan fingerprint density at radius 3 is 2.53 bits per heavy atom. The smallest absolute Gasteiger partial charge is 0.329 e. The monoisotopic (exact) mass is 817 g/mol. The number of ether oxygens (including phenoxy) is 1. The van der Waals surface area contributed by atoms with Gasteiger partial charge in [-0.3, -0.25) is 44.0 Å². The molecule has 4 fully saturated rings. The van der Waals surface area contributed by atoms with Crippen LogP contribution in [0.2, 0.25) is 5.02 Å². The molecule has 1 aliphatic carbocycles. The zero-order valence-corrected chi connectivity index (χ0v) is 34.4. The standard InChI is InChI=1S/C39H48ClN11O5S/c1-23-20-47(15-16-56-27-11-9-25(10-12-27)51-38(57)50(36(54)39(51,3)4)26-17-29(40)31(18-41)42-19-26)21-24(2)49(23)22-33(53)43-30-8-6-7-28-34(30)46(5)45-35(28)48-14-13-32(52)44-37(48)55/h6-8,17,19,23-25,27H,9-16,20-22H2,1-5H3,(H,43,53)(H,44,52,55)/t23-,24+,25?,27?. The van der Waals surface area contributed by atoms with Gasteiger partial charge < -0.3 is 15.0 Å². The summed E-state index contributed by atoms with van der Waals surface area (Å²) in [5.41, 5.74) is 1.00. The van der Waals surface area contributed by atoms with Crippen LogP contribution in [0.25, 0.3) is 10.9 Å². The minimum atomic E-state index is -0.846. The fourth-order valence-corrected chi connectivity index (χ4v) is 9.57. The van der Waals surface area contributed by atoms with Gasteiger partial charge in [-0.25, -0.2) is 9.78 Å². The average molecular weight is 818 g/mol. The van der Waals surface area contributed by atoms with E-state index in [1.54, 1.807) is 17.8 Å². The average Bonchev–Trinajstić information content (AvgIpc) is 3.58. The van der Waals surface area contributed by atoms with Gasteiger partial charge in [-0.15, -0.1) is 0 Å². The first-order valence-electron chi connectivity index (χ1n) is 19.4. The van der Waals surface area contributed by atoms with Gasteiger partial charge in [0, 0.05) is 63.2 Å². The van der Waals surface area contributed by atoms with Gasteiger partial charge in [0.1, 0.15) is 11.6 Å². The second-order valence-corrected chi connectivity index (χ2v) is 16.6. The lowest BCUT2D eigenvalue weighted by Crippen LogP contribution is -2.58. The summed E-state index contributed by atoms with van der Waals surface area (Å²) >= 11 is 12.1. The second-order valence-electron chi connectivity index (χ2n) is 15.9. The number of aromatic nitrogens is 3. The Morgan fingerprint density at radius 2 is 1.86 bits per heavy atom. The van der Waals surface area contributed by atoms with Crippen LogP contribution in [0.5, 0.6) is 0 Å². The van der Waals surface area contributed by atoms with Crippen molar-refractivity contribution >= 4 is 80.8 Å². The highest BCUT2D eigenvalue weighted by Gasteiger charge is 2.52. The number of nitriles is 1. The van der Waals surface area contributed by atoms with Gasteiger partial charge >= 0.3 is 6.03 Å². The number of amides is 5. The fourth-order valence-electron chi connectivity index (χ4n) is 8.80. The van der Waals surface area contributed by atoms with Crippen LogP contribution in [0.3, 0.4) is 0 Å². The quantitative estimate of drug-likeness (QED) is 0.282. The summed E-state index contributed by atoms with van der Waals surface area (Å²) in [6.07, 6.45) is 5.16. The van der Waals surface area contributed by atoms with Gasteiger partial charge in [0.15, 0.2) is 16.6 Å². The third kappa shape index (κ3) is 7.93. The van der Waals surface area contributed by atoms with E-state index in [0.717, 1.165) is 45.3 Å². The number of nitrogens with one attached hydrogen (secondary N) is 2. The molecule has 3 aromatic rings. The van der Waals surface area contributed by atoms with E-state index in [1.807, 2.05) is 43.0 Å². The lowest BCUT2D eigenvalue weighted by molar-refractivity contribution is -0.124. The number of thiocarbonyl (C=S) groups is 1. The molecule has 0 unspecified atom stereocenters. The van der Waals surface area contributed by atoms with Gasteiger partial charge in [-0.1, -0.05) is 17.7 Å². The summed E-state index contributed by atoms with van der Waals surface area (Å²) in [5.74, 6) is -0.162. The van der Waals surface area contributed by atoms with E-state index >= 15 is 0 Å². The number of para-hydroxylation sites is 1. The van der Waals surface area contributed by atoms with Crippen LogP contribution in [0.4, 0.5) is 22.0 Å². The van der Waals surface area contributed by atoms with E-state index < -0.39 is 11.6 Å². The number of benzene rings is 1. The molecular formula is C39H48ClN11O5S. The SMILES string of the molecule is C[C@@H]1CN(CCOC2CCC(N3C(=S)N(c4cnc(C#N)c(Cl)c4)C(=O)C3(C)C)CC2)C[C@H](C)N1CC(=O)Nc1cccc2c(N3CCC(=O)NC3=O)nn(C)c12. The summed E-state index contributed by atoms with van der Waals surface area (Å²) in [7, 11) is 1.77. The molecule has 2 N–H and O–H groups in total. The maximum atomic E-state index is 13.6. The summed E-state index contributed by atoms with van der Waals surface area (Å²) in [4.78, 5) is 65.0. The molecule has 1 saturated carbocycles. The van der Waals surface area contributed by atoms with Crippen molar-refractivity contribution < 1.29 is 23.9 Å². The number of piperazine rings is 1. The lowest BCUT2D eigenvalue weighted by Gasteiger charge is -2.44. The molecule has 1 aromatic carbocycles. The van der Waals surface area contributed by atoms with Crippen LogP contribution < -0.4 is 20.4 Å². The third-order valence-electron chi connectivity index (χ3n) is 11.6. The van der Waals surface area contributed by atoms with Crippen molar-refractivity contribution in [1.82, 2.24) is 34.8 Å². The molecule has 4 aliphatic rings. The number of carbonyl (C=O) groups is 4. The molecule has 302 valence electrons. The number of carbonyl (C=O) groups excluding carboxylic acids is 4. The number of rotatable bonds is 10. The first-order chi connectivity index (χ1) is 27.2. The van der Waals surface area contributed by atoms with Crippen LogP contribution in [-0.4, -0.2) is 127 Å². The largest absolute Gasteiger partial charge is 0.377 e. The van der Waals surface area contributed by atoms with Crippen LogP contribution in [0, 0.1) is 11.3 Å². The molecule has 0 bridgehead atoms. The number of hydrogen-bond donors (Lipinski definition) is 2. The fraction of sp³-hybridized carbons (Fsp3) is 0.538. The Hall–Kier alpha value is -4.73. The molecular weight excluding hydrogens is 770 g/mol. The van der Waals surface area contributed by atoms with Gasteiger partial charge in [0.2, 0.25) is 11.8 Å². The molecule has 5 amide bonds. The van der Waals surface area contributed by atoms with Crippen molar-refractivity contribution in [2.45, 2.75) is 89.6 Å². The van der Waals surface area contributed by atoms with Gasteiger partial charge in [0.25, 0.3) is 5.91 Å². The molecule has 18 heteroatoms. The Bertz CT molecular complexity index is 2140. The lowest BCUT2D eigenvalue weighted by atomic mass is 9.89. The maximum Gasteiger partial charge on any atom is 0.329 e. The summed E-state index contributed by atoms with van der Waals surface area (Å²) in [5, 5.41) is 20.5. The molecule has 7 rings (SSSR count). The first kappa shape index (κ1) is 40.5. The Morgan fingerprint density at radius 1 is 1.14 bits per heavy atom. The number of pyridine rings is 1. The van der Waals surface area contributed by atoms with Gasteiger partial charge in [0.05, 0.1) is 47.4 Å². The van der Waals surface area contributed by atoms with E-state index in [2.05, 4.69) is 44.4 Å². The van der Waals surface area contributed by atoms with Gasteiger partial charge in [-0.05, 0) is 83.8 Å². The van der Waals surface area contributed by atoms with Crippen LogP contribution >= 0.6 is 23.8 Å². The highest BCUT2D eigenvalue weighted by Crippen LogP contribution is 2.39. The number of nitrogens with zero attached hydrogens (tertiary/aromatic N) is 9. The maximum absolute atomic E-state index is 13.6. The number of fused-ring (bicyclic) bond motifs is 1. The van der Waals surface area contributed by atoms with Crippen molar-refractivity contribution in [2.24, 2.45) is 7.05 Å². The van der Waals surface area contributed by atoms with E-state index in [9.17, 15) is 24.4 Å². The van der Waals surface area contributed by atoms with Crippen molar-refractivity contribution in [3.63, 3.8) is 0 Å². The molecule has 2 aromatic heterocycles.